The van der Waals surface area contributed by atoms with Crippen LogP contribution in [0.2, 0.25) is 5.02 Å². The Bertz CT molecular complexity index is 1420. The van der Waals surface area contributed by atoms with Gasteiger partial charge in [-0.25, -0.2) is 4.79 Å². The highest BCUT2D eigenvalue weighted by molar-refractivity contribution is 7.17. The molecule has 1 amide bonds. The number of nitrogens with one attached hydrogen (secondary N) is 1. The maximum Gasteiger partial charge on any atom is 0.341 e. The predicted molar refractivity (Wildman–Crippen MR) is 134 cm³/mol. The summed E-state index contributed by atoms with van der Waals surface area (Å²) in [6.07, 6.45) is 2.53. The average Bonchev–Trinajstić information content (AvgIpc) is 3.19. The minimum Gasteiger partial charge on any atom is -0.462 e. The van der Waals surface area contributed by atoms with Crippen molar-refractivity contribution in [2.45, 2.75) is 33.1 Å². The van der Waals surface area contributed by atoms with Crippen LogP contribution in [0.5, 0.6) is 0 Å². The highest BCUT2D eigenvalue weighted by Gasteiger charge is 2.34. The number of carbonyl (C=O) groups is 4. The third-order valence-electron chi connectivity index (χ3n) is 6.49. The summed E-state index contributed by atoms with van der Waals surface area (Å²) in [6.45, 7) is 4.12. The highest BCUT2D eigenvalue weighted by Crippen LogP contribution is 2.41. The van der Waals surface area contributed by atoms with Gasteiger partial charge in [-0.2, -0.15) is 0 Å². The SMILES string of the molecule is CCOC(=O)c1c(NC(=O)c2ccc3c(c2Cl)C(=O)c2ccccc2C3=O)sc2c1CC[C@H](C)C2. The fourth-order valence-corrected chi connectivity index (χ4v) is 6.48. The molecule has 1 heterocycles. The molecule has 1 atom stereocenters. The number of amides is 1. The van der Waals surface area contributed by atoms with Crippen LogP contribution in [0.15, 0.2) is 36.4 Å². The van der Waals surface area contributed by atoms with E-state index in [2.05, 4.69) is 12.2 Å². The van der Waals surface area contributed by atoms with Gasteiger partial charge in [0.2, 0.25) is 0 Å². The Morgan fingerprint density at radius 2 is 1.80 bits per heavy atom. The first-order chi connectivity index (χ1) is 16.8. The topological polar surface area (TPSA) is 89.5 Å². The summed E-state index contributed by atoms with van der Waals surface area (Å²) in [5.74, 6) is -1.25. The van der Waals surface area contributed by atoms with Gasteiger partial charge in [-0.1, -0.05) is 42.8 Å². The number of thiophene rings is 1. The molecular formula is C27H22ClNO5S. The normalized spacial score (nSPS) is 16.3. The van der Waals surface area contributed by atoms with E-state index in [-0.39, 0.29) is 39.7 Å². The van der Waals surface area contributed by atoms with Crippen molar-refractivity contribution in [2.24, 2.45) is 5.92 Å². The molecule has 8 heteroatoms. The van der Waals surface area contributed by atoms with Crippen molar-refractivity contribution >= 4 is 51.4 Å². The Hall–Kier alpha value is -3.29. The Morgan fingerprint density at radius 3 is 2.51 bits per heavy atom. The zero-order valence-electron chi connectivity index (χ0n) is 19.2. The van der Waals surface area contributed by atoms with Crippen LogP contribution in [-0.4, -0.2) is 30.0 Å². The summed E-state index contributed by atoms with van der Waals surface area (Å²) in [6, 6.07) is 9.44. The van der Waals surface area contributed by atoms with Crippen molar-refractivity contribution in [2.75, 3.05) is 11.9 Å². The molecule has 0 saturated carbocycles. The van der Waals surface area contributed by atoms with Crippen molar-refractivity contribution in [1.82, 2.24) is 0 Å². The van der Waals surface area contributed by atoms with E-state index in [9.17, 15) is 19.2 Å². The van der Waals surface area contributed by atoms with Gasteiger partial charge in [-0.3, -0.25) is 14.4 Å². The Labute approximate surface area is 211 Å². The molecule has 0 fully saturated rings. The first kappa shape index (κ1) is 23.5. The summed E-state index contributed by atoms with van der Waals surface area (Å²) in [5, 5.41) is 3.16. The number of esters is 1. The van der Waals surface area contributed by atoms with Crippen molar-refractivity contribution < 1.29 is 23.9 Å². The summed E-state index contributed by atoms with van der Waals surface area (Å²) in [5.41, 5.74) is 2.14. The minimum atomic E-state index is -0.561. The van der Waals surface area contributed by atoms with Crippen LogP contribution in [-0.2, 0) is 17.6 Å². The molecule has 0 aliphatic heterocycles. The van der Waals surface area contributed by atoms with E-state index in [0.717, 1.165) is 29.7 Å². The lowest BCUT2D eigenvalue weighted by Gasteiger charge is -2.19. The van der Waals surface area contributed by atoms with Crippen molar-refractivity contribution in [3.05, 3.63) is 85.2 Å². The molecule has 3 aromatic rings. The van der Waals surface area contributed by atoms with Gasteiger partial charge in [0.1, 0.15) is 5.00 Å². The van der Waals surface area contributed by atoms with E-state index in [1.807, 2.05) is 0 Å². The van der Waals surface area contributed by atoms with E-state index in [4.69, 9.17) is 16.3 Å². The smallest absolute Gasteiger partial charge is 0.341 e. The fourth-order valence-electron chi connectivity index (χ4n) is 4.75. The number of hydrogen-bond acceptors (Lipinski definition) is 6. The van der Waals surface area contributed by atoms with Gasteiger partial charge >= 0.3 is 5.97 Å². The van der Waals surface area contributed by atoms with E-state index < -0.39 is 17.7 Å². The third-order valence-corrected chi connectivity index (χ3v) is 8.06. The minimum absolute atomic E-state index is 0.0212. The van der Waals surface area contributed by atoms with Crippen molar-refractivity contribution in [3.8, 4) is 0 Å². The first-order valence-electron chi connectivity index (χ1n) is 11.5. The average molecular weight is 508 g/mol. The quantitative estimate of drug-likeness (QED) is 0.356. The van der Waals surface area contributed by atoms with Crippen molar-refractivity contribution in [1.29, 1.82) is 0 Å². The highest BCUT2D eigenvalue weighted by atomic mass is 35.5. The molecule has 0 unspecified atom stereocenters. The second-order valence-corrected chi connectivity index (χ2v) is 10.3. The fraction of sp³-hybridized carbons (Fsp3) is 0.259. The van der Waals surface area contributed by atoms with Crippen LogP contribution < -0.4 is 5.32 Å². The number of ketones is 2. The standard InChI is InChI=1S/C27H22ClNO5S/c1-3-34-27(33)21-16-9-8-13(2)12-19(16)35-26(21)29-25(32)18-11-10-17-20(22(18)28)24(31)15-7-5-4-6-14(15)23(17)30/h4-7,10-11,13H,3,8-9,12H2,1-2H3,(H,29,32)/t13-/m0/s1. The number of benzene rings is 2. The number of hydrogen-bond donors (Lipinski definition) is 1. The number of halogens is 1. The van der Waals surface area contributed by atoms with Gasteiger partial charge in [-0.15, -0.1) is 11.3 Å². The molecule has 2 aliphatic carbocycles. The van der Waals surface area contributed by atoms with Crippen LogP contribution in [0.25, 0.3) is 0 Å². The van der Waals surface area contributed by atoms with Gasteiger partial charge in [-0.05, 0) is 49.8 Å². The van der Waals surface area contributed by atoms with Crippen LogP contribution in [0.3, 0.4) is 0 Å². The second kappa shape index (κ2) is 9.06. The maximum atomic E-state index is 13.3. The van der Waals surface area contributed by atoms with Gasteiger partial charge in [0.15, 0.2) is 11.6 Å². The molecular weight excluding hydrogens is 486 g/mol. The van der Waals surface area contributed by atoms with E-state index in [1.54, 1.807) is 31.2 Å². The van der Waals surface area contributed by atoms with Crippen molar-refractivity contribution in [3.63, 3.8) is 0 Å². The molecule has 0 spiro atoms. The van der Waals surface area contributed by atoms with Crippen LogP contribution in [0.1, 0.15) is 83.3 Å². The molecule has 178 valence electrons. The monoisotopic (exact) mass is 507 g/mol. The number of fused-ring (bicyclic) bond motifs is 3. The van der Waals surface area contributed by atoms with Gasteiger partial charge in [0.05, 0.1) is 28.3 Å². The molecule has 0 bridgehead atoms. The Kier molecular flexibility index (Phi) is 6.07. The Balaban J connectivity index is 1.53. The number of carbonyl (C=O) groups excluding carboxylic acids is 4. The molecule has 5 rings (SSSR count). The molecule has 1 aromatic heterocycles. The largest absolute Gasteiger partial charge is 0.462 e. The number of anilines is 1. The summed E-state index contributed by atoms with van der Waals surface area (Å²) in [4.78, 5) is 53.3. The lowest BCUT2D eigenvalue weighted by Crippen LogP contribution is -2.23. The van der Waals surface area contributed by atoms with E-state index >= 15 is 0 Å². The van der Waals surface area contributed by atoms with Gasteiger partial charge in [0, 0.05) is 21.6 Å². The molecule has 2 aromatic carbocycles. The second-order valence-electron chi connectivity index (χ2n) is 8.78. The third kappa shape index (κ3) is 3.89. The van der Waals surface area contributed by atoms with E-state index in [0.29, 0.717) is 22.0 Å². The van der Waals surface area contributed by atoms with Crippen LogP contribution in [0, 0.1) is 5.92 Å². The maximum absolute atomic E-state index is 13.3. The lowest BCUT2D eigenvalue weighted by molar-refractivity contribution is 0.0526. The van der Waals surface area contributed by atoms with Crippen LogP contribution >= 0.6 is 22.9 Å². The molecule has 35 heavy (non-hydrogen) atoms. The molecule has 0 radical (unpaired) electrons. The first-order valence-corrected chi connectivity index (χ1v) is 12.6. The zero-order chi connectivity index (χ0) is 24.9. The molecule has 6 nitrogen and oxygen atoms in total. The Morgan fingerprint density at radius 1 is 1.09 bits per heavy atom. The van der Waals surface area contributed by atoms with Gasteiger partial charge in [0.25, 0.3) is 5.91 Å². The predicted octanol–water partition coefficient (Wildman–Crippen LogP) is 5.73. The summed E-state index contributed by atoms with van der Waals surface area (Å²) < 4.78 is 5.27. The summed E-state index contributed by atoms with van der Waals surface area (Å²) >= 11 is 7.94. The molecule has 0 saturated heterocycles. The molecule has 1 N–H and O–H groups in total. The van der Waals surface area contributed by atoms with Crippen LogP contribution in [0.4, 0.5) is 5.00 Å². The number of ether oxygens (including phenoxy) is 1. The zero-order valence-corrected chi connectivity index (χ0v) is 20.8. The molecule has 2 aliphatic rings. The summed E-state index contributed by atoms with van der Waals surface area (Å²) in [7, 11) is 0. The van der Waals surface area contributed by atoms with E-state index in [1.165, 1.54) is 23.5 Å². The lowest BCUT2D eigenvalue weighted by atomic mass is 9.83. The number of rotatable bonds is 4. The van der Waals surface area contributed by atoms with Gasteiger partial charge < -0.3 is 10.1 Å².